The summed E-state index contributed by atoms with van der Waals surface area (Å²) >= 11 is 0. The Bertz CT molecular complexity index is 1750. The van der Waals surface area contributed by atoms with Crippen molar-refractivity contribution in [2.24, 2.45) is 0 Å². The summed E-state index contributed by atoms with van der Waals surface area (Å²) in [6, 6.07) is 43.2. The van der Waals surface area contributed by atoms with Crippen molar-refractivity contribution in [2.75, 3.05) is 0 Å². The molecule has 1 N–H and O–H groups in total. The van der Waals surface area contributed by atoms with Gasteiger partial charge in [-0.2, -0.15) is 0 Å². The van der Waals surface area contributed by atoms with E-state index in [1.807, 2.05) is 0 Å². The maximum Gasteiger partial charge on any atom is 0.0464 e. The monoisotopic (exact) mass is 462 g/mol. The third-order valence-corrected chi connectivity index (χ3v) is 6.80. The molecule has 7 aromatic carbocycles. The second-order valence-electron chi connectivity index (χ2n) is 8.63. The summed E-state index contributed by atoms with van der Waals surface area (Å²) in [5.74, 6) is 0. The number of aromatic nitrogens is 1. The number of H-pyrrole nitrogens is 1. The number of nitriles is 1. The highest BCUT2D eigenvalue weighted by atomic mass is 14.7. The number of fused-ring (bicyclic) bond motifs is 5. The van der Waals surface area contributed by atoms with Gasteiger partial charge in [-0.25, -0.2) is 5.26 Å². The van der Waals surface area contributed by atoms with E-state index in [0.717, 1.165) is 0 Å². The average Bonchev–Trinajstić information content (AvgIpc) is 3.32. The largest absolute Gasteiger partial charge is 0.355 e. The first-order chi connectivity index (χ1) is 17.4. The summed E-state index contributed by atoms with van der Waals surface area (Å²) in [6.45, 7) is 3.50. The summed E-state index contributed by atoms with van der Waals surface area (Å²) in [5, 5.41) is 20.0. The molecule has 0 atom stereocenters. The van der Waals surface area contributed by atoms with E-state index < -0.39 is 0 Å². The summed E-state index contributed by atoms with van der Waals surface area (Å²) in [7, 11) is 0. The number of rotatable bonds is 0. The highest BCUT2D eigenvalue weighted by Crippen LogP contribution is 2.39. The lowest BCUT2D eigenvalue weighted by atomic mass is 9.90. The lowest BCUT2D eigenvalue weighted by molar-refractivity contribution is 1.55. The smallest absolute Gasteiger partial charge is 0.0464 e. The maximum atomic E-state index is 6.50. The molecule has 0 aliphatic carbocycles. The van der Waals surface area contributed by atoms with Crippen LogP contribution in [0.2, 0.25) is 0 Å². The van der Waals surface area contributed by atoms with Gasteiger partial charge in [0, 0.05) is 28.4 Å². The first kappa shape index (κ1) is 22.9. The van der Waals surface area contributed by atoms with Gasteiger partial charge in [0.05, 0.1) is 0 Å². The lowest BCUT2D eigenvalue weighted by Gasteiger charge is -2.13. The molecular weight excluding hydrogens is 436 g/mol. The molecule has 0 fully saturated rings. The first-order valence-corrected chi connectivity index (χ1v) is 11.6. The Kier molecular flexibility index (Phi) is 5.98. The molecule has 0 saturated heterocycles. The molecule has 0 radical (unpaired) electrons. The van der Waals surface area contributed by atoms with E-state index in [0.29, 0.717) is 0 Å². The number of nitrogens with one attached hydrogen (secondary N) is 1. The van der Waals surface area contributed by atoms with Crippen LogP contribution < -0.4 is 0 Å². The molecule has 2 heteroatoms. The van der Waals surface area contributed by atoms with Crippen molar-refractivity contribution in [3.05, 3.63) is 121 Å². The van der Waals surface area contributed by atoms with Crippen LogP contribution in [0.25, 0.3) is 64.9 Å². The molecule has 1 heterocycles. The normalized spacial score (nSPS) is 10.7. The Balaban J connectivity index is 0.000000145. The summed E-state index contributed by atoms with van der Waals surface area (Å²) in [4.78, 5) is 3.38. The molecule has 0 unspecified atom stereocenters. The van der Waals surface area contributed by atoms with Crippen LogP contribution in [0.15, 0.2) is 121 Å². The van der Waals surface area contributed by atoms with E-state index in [-0.39, 0.29) is 7.43 Å². The summed E-state index contributed by atoms with van der Waals surface area (Å²) in [6.07, 6.45) is 0. The van der Waals surface area contributed by atoms with Gasteiger partial charge in [-0.15, -0.1) is 0 Å². The molecule has 0 spiro atoms. The second-order valence-corrected chi connectivity index (χ2v) is 8.63. The van der Waals surface area contributed by atoms with Crippen molar-refractivity contribution >= 4 is 64.9 Å². The molecule has 2 nitrogen and oxygen atoms in total. The first-order valence-electron chi connectivity index (χ1n) is 11.6. The topological polar surface area (TPSA) is 39.6 Å². The van der Waals surface area contributed by atoms with E-state index in [2.05, 4.69) is 133 Å². The molecule has 0 aliphatic heterocycles. The molecule has 172 valence electrons. The Morgan fingerprint density at radius 3 is 1.06 bits per heavy atom. The fourth-order valence-electron chi connectivity index (χ4n) is 5.38. The number of benzene rings is 7. The van der Waals surface area contributed by atoms with Crippen LogP contribution in [-0.4, -0.2) is 4.98 Å². The summed E-state index contributed by atoms with van der Waals surface area (Å²) in [5.41, 5.74) is 2.42. The van der Waals surface area contributed by atoms with E-state index >= 15 is 0 Å². The van der Waals surface area contributed by atoms with Gasteiger partial charge in [-0.05, 0) is 55.2 Å². The Labute approximate surface area is 210 Å². The minimum Gasteiger partial charge on any atom is -0.355 e. The fraction of sp³-hybridized carbons (Fsp3) is 0.0294. The SMILES string of the molecule is C.C#N.c1cc2cccc3c4cccc5cccc(c(c1)c23)c54.c1ccc2c(c1)[nH]c1ccccc12. The Hall–Kier alpha value is -4.87. The molecule has 0 aliphatic rings. The molecule has 8 rings (SSSR count). The van der Waals surface area contributed by atoms with Gasteiger partial charge in [0.15, 0.2) is 0 Å². The minimum absolute atomic E-state index is 0. The van der Waals surface area contributed by atoms with Crippen LogP contribution in [-0.2, 0) is 0 Å². The molecule has 0 saturated carbocycles. The van der Waals surface area contributed by atoms with Crippen molar-refractivity contribution in [3.8, 4) is 6.57 Å². The predicted molar refractivity (Wildman–Crippen MR) is 157 cm³/mol. The molecular formula is C34H26N2. The van der Waals surface area contributed by atoms with Crippen LogP contribution in [0.5, 0.6) is 0 Å². The Morgan fingerprint density at radius 1 is 0.389 bits per heavy atom. The Morgan fingerprint density at radius 2 is 0.694 bits per heavy atom. The maximum absolute atomic E-state index is 6.50. The van der Waals surface area contributed by atoms with Crippen molar-refractivity contribution < 1.29 is 0 Å². The van der Waals surface area contributed by atoms with Crippen LogP contribution in [0.3, 0.4) is 0 Å². The molecule has 0 amide bonds. The fourth-order valence-corrected chi connectivity index (χ4v) is 5.38. The van der Waals surface area contributed by atoms with Gasteiger partial charge in [0.1, 0.15) is 0 Å². The molecule has 36 heavy (non-hydrogen) atoms. The quantitative estimate of drug-likeness (QED) is 0.177. The summed E-state index contributed by atoms with van der Waals surface area (Å²) < 4.78 is 0. The van der Waals surface area contributed by atoms with Crippen molar-refractivity contribution in [2.45, 2.75) is 7.43 Å². The second kappa shape index (κ2) is 9.41. The van der Waals surface area contributed by atoms with Crippen LogP contribution in [0, 0.1) is 11.8 Å². The van der Waals surface area contributed by atoms with Gasteiger partial charge < -0.3 is 4.98 Å². The van der Waals surface area contributed by atoms with Gasteiger partial charge in [-0.1, -0.05) is 117 Å². The average molecular weight is 463 g/mol. The van der Waals surface area contributed by atoms with Gasteiger partial charge >= 0.3 is 0 Å². The highest BCUT2D eigenvalue weighted by molar-refractivity contribution is 6.32. The standard InChI is InChI=1S/C20H12.C12H9N.CHN.CH4/c1-5-13-6-2-11-17-18-12-4-8-14-7-3-10-16(20(14)18)15(9-1)19(13)17;1-3-7-11-9(5-1)10-6-2-4-8-12(10)13-11;1-2;/h1-12H;1-8,13H;1H;1H4. The van der Waals surface area contributed by atoms with E-state index in [1.54, 1.807) is 0 Å². The number of nitrogens with zero attached hydrogens (tertiary/aromatic N) is 1. The van der Waals surface area contributed by atoms with Crippen LogP contribution >= 0.6 is 0 Å². The van der Waals surface area contributed by atoms with Crippen molar-refractivity contribution in [3.63, 3.8) is 0 Å². The lowest BCUT2D eigenvalue weighted by Crippen LogP contribution is -1.85. The van der Waals surface area contributed by atoms with E-state index in [1.165, 1.54) is 64.9 Å². The zero-order chi connectivity index (χ0) is 23.8. The van der Waals surface area contributed by atoms with Gasteiger partial charge in [0.25, 0.3) is 0 Å². The molecule has 0 bridgehead atoms. The predicted octanol–water partition coefficient (Wildman–Crippen LogP) is 9.83. The van der Waals surface area contributed by atoms with E-state index in [9.17, 15) is 0 Å². The van der Waals surface area contributed by atoms with Crippen molar-refractivity contribution in [1.82, 2.24) is 4.98 Å². The van der Waals surface area contributed by atoms with Crippen LogP contribution in [0.4, 0.5) is 0 Å². The zero-order valence-corrected chi connectivity index (χ0v) is 19.1. The van der Waals surface area contributed by atoms with Gasteiger partial charge in [-0.3, -0.25) is 0 Å². The highest BCUT2D eigenvalue weighted by Gasteiger charge is 2.11. The zero-order valence-electron chi connectivity index (χ0n) is 19.1. The number of hydrogen-bond donors (Lipinski definition) is 1. The number of hydrogen-bond acceptors (Lipinski definition) is 1. The third-order valence-electron chi connectivity index (χ3n) is 6.80. The number of para-hydroxylation sites is 2. The molecule has 1 aromatic heterocycles. The molecule has 8 aromatic rings. The van der Waals surface area contributed by atoms with Crippen molar-refractivity contribution in [1.29, 1.82) is 5.26 Å². The minimum atomic E-state index is 0. The third kappa shape index (κ3) is 3.50. The number of aromatic amines is 1. The van der Waals surface area contributed by atoms with Crippen LogP contribution in [0.1, 0.15) is 7.43 Å². The van der Waals surface area contributed by atoms with E-state index in [4.69, 9.17) is 5.26 Å². The van der Waals surface area contributed by atoms with Gasteiger partial charge in [0.2, 0.25) is 0 Å².